The number of carbonyl (C=O) groups excluding carboxylic acids is 1. The molecule has 0 N–H and O–H groups in total. The number of pyridine rings is 1. The monoisotopic (exact) mass is 270 g/mol. The van der Waals surface area contributed by atoms with Gasteiger partial charge in [0.25, 0.3) is 0 Å². The number of imidazole rings is 1. The van der Waals surface area contributed by atoms with Crippen molar-refractivity contribution in [1.29, 1.82) is 0 Å². The van der Waals surface area contributed by atoms with Gasteiger partial charge in [-0.3, -0.25) is 4.79 Å². The normalized spacial score (nSPS) is 10.8. The maximum Gasteiger partial charge on any atom is 0.151 e. The molecule has 4 heteroatoms. The fourth-order valence-electron chi connectivity index (χ4n) is 2.09. The summed E-state index contributed by atoms with van der Waals surface area (Å²) in [6, 6.07) is 11.4. The van der Waals surface area contributed by atoms with Crippen molar-refractivity contribution < 1.29 is 4.79 Å². The minimum atomic E-state index is 0.637. The molecule has 2 heterocycles. The van der Waals surface area contributed by atoms with Gasteiger partial charge < -0.3 is 4.40 Å². The van der Waals surface area contributed by atoms with E-state index in [4.69, 9.17) is 11.6 Å². The predicted octanol–water partition coefficient (Wildman–Crippen LogP) is 3.39. The van der Waals surface area contributed by atoms with Crippen LogP contribution in [0.2, 0.25) is 5.02 Å². The summed E-state index contributed by atoms with van der Waals surface area (Å²) in [4.78, 5) is 15.2. The number of nitrogens with zero attached hydrogens (tertiary/aromatic N) is 2. The second-order valence-electron chi connectivity index (χ2n) is 4.36. The number of halogens is 1. The summed E-state index contributed by atoms with van der Waals surface area (Å²) in [7, 11) is 0. The third kappa shape index (κ3) is 2.37. The average Bonchev–Trinajstić information content (AvgIpc) is 2.81. The minimum Gasteiger partial charge on any atom is -0.303 e. The highest BCUT2D eigenvalue weighted by molar-refractivity contribution is 6.30. The van der Waals surface area contributed by atoms with Crippen molar-refractivity contribution in [2.45, 2.75) is 6.42 Å². The van der Waals surface area contributed by atoms with Gasteiger partial charge in [0, 0.05) is 23.2 Å². The lowest BCUT2D eigenvalue weighted by Gasteiger charge is -2.03. The largest absolute Gasteiger partial charge is 0.303 e. The Hall–Kier alpha value is -2.13. The molecule has 0 bridgehead atoms. The second kappa shape index (κ2) is 4.86. The van der Waals surface area contributed by atoms with Gasteiger partial charge >= 0.3 is 0 Å². The molecule has 0 unspecified atom stereocenters. The maximum atomic E-state index is 10.8. The Morgan fingerprint density at radius 1 is 1.26 bits per heavy atom. The van der Waals surface area contributed by atoms with Crippen LogP contribution in [0.25, 0.3) is 5.52 Å². The predicted molar refractivity (Wildman–Crippen MR) is 74.8 cm³/mol. The van der Waals surface area contributed by atoms with Crippen LogP contribution in [0.4, 0.5) is 0 Å². The van der Waals surface area contributed by atoms with E-state index in [9.17, 15) is 4.79 Å². The molecule has 94 valence electrons. The highest BCUT2D eigenvalue weighted by Crippen LogP contribution is 2.16. The van der Waals surface area contributed by atoms with Crippen molar-refractivity contribution in [2.24, 2.45) is 0 Å². The number of carbonyl (C=O) groups is 1. The van der Waals surface area contributed by atoms with E-state index in [1.54, 1.807) is 18.5 Å². The molecule has 0 atom stereocenters. The van der Waals surface area contributed by atoms with Crippen LogP contribution in [0, 0.1) is 0 Å². The average molecular weight is 271 g/mol. The second-order valence-corrected chi connectivity index (χ2v) is 4.79. The summed E-state index contributed by atoms with van der Waals surface area (Å²) in [5.41, 5.74) is 2.71. The van der Waals surface area contributed by atoms with E-state index in [1.165, 1.54) is 0 Å². The lowest BCUT2D eigenvalue weighted by atomic mass is 10.1. The van der Waals surface area contributed by atoms with Crippen LogP contribution in [0.1, 0.15) is 21.7 Å². The molecule has 3 nitrogen and oxygen atoms in total. The van der Waals surface area contributed by atoms with Gasteiger partial charge in [0.15, 0.2) is 6.29 Å². The first-order valence-corrected chi connectivity index (χ1v) is 6.30. The van der Waals surface area contributed by atoms with E-state index in [-0.39, 0.29) is 0 Å². The highest BCUT2D eigenvalue weighted by atomic mass is 35.5. The number of benzene rings is 1. The third-order valence-corrected chi connectivity index (χ3v) is 3.25. The van der Waals surface area contributed by atoms with Gasteiger partial charge in [0.2, 0.25) is 0 Å². The van der Waals surface area contributed by atoms with Crippen molar-refractivity contribution in [3.05, 3.63) is 70.8 Å². The summed E-state index contributed by atoms with van der Waals surface area (Å²) in [5, 5.41) is 0.715. The molecule has 1 aromatic carbocycles. The third-order valence-electron chi connectivity index (χ3n) is 3.01. The van der Waals surface area contributed by atoms with E-state index in [2.05, 4.69) is 4.98 Å². The summed E-state index contributed by atoms with van der Waals surface area (Å²) in [6.45, 7) is 0. The van der Waals surface area contributed by atoms with Gasteiger partial charge in [0.05, 0.1) is 11.7 Å². The topological polar surface area (TPSA) is 34.4 Å². The maximum absolute atomic E-state index is 10.8. The van der Waals surface area contributed by atoms with E-state index in [0.29, 0.717) is 17.0 Å². The van der Waals surface area contributed by atoms with Gasteiger partial charge in [-0.05, 0) is 29.8 Å². The molecular formula is C15H11ClN2O. The summed E-state index contributed by atoms with van der Waals surface area (Å²) in [5.74, 6) is 0.890. The molecule has 0 saturated carbocycles. The van der Waals surface area contributed by atoms with Crippen molar-refractivity contribution in [2.75, 3.05) is 0 Å². The van der Waals surface area contributed by atoms with Crippen molar-refractivity contribution in [3.63, 3.8) is 0 Å². The summed E-state index contributed by atoms with van der Waals surface area (Å²) in [6.07, 6.45) is 5.11. The molecule has 0 spiro atoms. The first kappa shape index (κ1) is 11.9. The van der Waals surface area contributed by atoms with Crippen LogP contribution in [-0.2, 0) is 6.42 Å². The van der Waals surface area contributed by atoms with E-state index in [0.717, 1.165) is 23.2 Å². The fraction of sp³-hybridized carbons (Fsp3) is 0.0667. The molecule has 19 heavy (non-hydrogen) atoms. The first-order valence-electron chi connectivity index (χ1n) is 5.92. The van der Waals surface area contributed by atoms with Crippen molar-refractivity contribution >= 4 is 23.4 Å². The molecule has 2 aromatic heterocycles. The Morgan fingerprint density at radius 2 is 2.16 bits per heavy atom. The SMILES string of the molecule is O=Cc1ccc2cnc(Cc3cccc(Cl)c3)n2c1. The molecular weight excluding hydrogens is 260 g/mol. The summed E-state index contributed by atoms with van der Waals surface area (Å²) >= 11 is 5.98. The fourth-order valence-corrected chi connectivity index (χ4v) is 2.30. The Kier molecular flexibility index (Phi) is 3.05. The van der Waals surface area contributed by atoms with E-state index >= 15 is 0 Å². The number of aldehydes is 1. The lowest BCUT2D eigenvalue weighted by Crippen LogP contribution is -1.97. The molecule has 3 aromatic rings. The molecule has 0 aliphatic carbocycles. The number of rotatable bonds is 3. The number of hydrogen-bond acceptors (Lipinski definition) is 2. The lowest BCUT2D eigenvalue weighted by molar-refractivity contribution is 0.112. The van der Waals surface area contributed by atoms with Crippen molar-refractivity contribution in [1.82, 2.24) is 9.38 Å². The van der Waals surface area contributed by atoms with E-state index < -0.39 is 0 Å². The molecule has 0 saturated heterocycles. The zero-order valence-corrected chi connectivity index (χ0v) is 10.8. The smallest absolute Gasteiger partial charge is 0.151 e. The quantitative estimate of drug-likeness (QED) is 0.684. The molecule has 0 aliphatic heterocycles. The van der Waals surface area contributed by atoms with Crippen LogP contribution in [0.3, 0.4) is 0 Å². The molecule has 0 aliphatic rings. The van der Waals surface area contributed by atoms with Gasteiger partial charge in [-0.1, -0.05) is 23.7 Å². The van der Waals surface area contributed by atoms with Gasteiger partial charge in [-0.15, -0.1) is 0 Å². The standard InChI is InChI=1S/C15H11ClN2O/c16-13-3-1-2-11(6-13)7-15-17-8-14-5-4-12(10-19)9-18(14)15/h1-6,8-10H,7H2. The van der Waals surface area contributed by atoms with Gasteiger partial charge in [0.1, 0.15) is 5.82 Å². The Morgan fingerprint density at radius 3 is 2.95 bits per heavy atom. The van der Waals surface area contributed by atoms with Gasteiger partial charge in [-0.25, -0.2) is 4.98 Å². The molecule has 0 fully saturated rings. The van der Waals surface area contributed by atoms with Crippen molar-refractivity contribution in [3.8, 4) is 0 Å². The number of fused-ring (bicyclic) bond motifs is 1. The Bertz CT molecular complexity index is 749. The zero-order chi connectivity index (χ0) is 13.2. The number of aromatic nitrogens is 2. The Labute approximate surface area is 115 Å². The number of hydrogen-bond donors (Lipinski definition) is 0. The Balaban J connectivity index is 2.03. The van der Waals surface area contributed by atoms with Crippen LogP contribution < -0.4 is 0 Å². The van der Waals surface area contributed by atoms with Gasteiger partial charge in [-0.2, -0.15) is 0 Å². The highest BCUT2D eigenvalue weighted by Gasteiger charge is 2.05. The zero-order valence-electron chi connectivity index (χ0n) is 10.1. The van der Waals surface area contributed by atoms with Crippen LogP contribution in [-0.4, -0.2) is 15.7 Å². The van der Waals surface area contributed by atoms with Crippen LogP contribution >= 0.6 is 11.6 Å². The van der Waals surface area contributed by atoms with E-state index in [1.807, 2.05) is 34.7 Å². The molecule has 3 rings (SSSR count). The summed E-state index contributed by atoms with van der Waals surface area (Å²) < 4.78 is 1.94. The van der Waals surface area contributed by atoms with Crippen LogP contribution in [0.5, 0.6) is 0 Å². The molecule has 0 radical (unpaired) electrons. The minimum absolute atomic E-state index is 0.637. The van der Waals surface area contributed by atoms with Crippen LogP contribution in [0.15, 0.2) is 48.8 Å². The molecule has 0 amide bonds. The first-order chi connectivity index (χ1) is 9.26.